The highest BCUT2D eigenvalue weighted by Crippen LogP contribution is 2.33. The molecule has 4 rings (SSSR count). The Morgan fingerprint density at radius 3 is 2.31 bits per heavy atom. The van der Waals surface area contributed by atoms with Crippen molar-refractivity contribution in [2.45, 2.75) is 27.2 Å². The first-order valence-corrected chi connectivity index (χ1v) is 11.9. The second kappa shape index (κ2) is 13.4. The average Bonchev–Trinajstić information content (AvgIpc) is 3.18. The fraction of sp³-hybridized carbons (Fsp3) is 0.259. The number of fused-ring (bicyclic) bond motifs is 1. The number of carbonyl (C=O) groups excluding carboxylic acids is 1. The van der Waals surface area contributed by atoms with Crippen molar-refractivity contribution >= 4 is 38.8 Å². The molecule has 1 amide bonds. The smallest absolute Gasteiger partial charge is 0.221 e. The maximum Gasteiger partial charge on any atom is 0.221 e. The van der Waals surface area contributed by atoms with E-state index in [0.29, 0.717) is 17.9 Å². The summed E-state index contributed by atoms with van der Waals surface area (Å²) in [4.78, 5) is 16.3. The van der Waals surface area contributed by atoms with Crippen LogP contribution in [0.1, 0.15) is 28.5 Å². The molecule has 4 N–H and O–H groups in total. The fourth-order valence-electron chi connectivity index (χ4n) is 3.39. The van der Waals surface area contributed by atoms with E-state index in [1.54, 1.807) is 37.8 Å². The second-order valence-corrected chi connectivity index (χ2v) is 9.01. The topological polar surface area (TPSA) is 107 Å². The standard InChI is InChI=1S/C18H17FN2O2.C8H11NOS.CH4O/c1-22-17-9-13-12(5-6-21-16(13)10-18(17)23-2)7-11-3-4-15(20)14(19)8-11;1-5-4-8(9-7(3)10)11-6(5)2;1-2/h3-6,8-10H,7,20H2,1-2H3;4H,1-3H3,(H,9,10);2H,1H3. The number of aliphatic hydroxyl groups is 1. The Hall–Kier alpha value is -3.69. The molecule has 9 heteroatoms. The molecule has 0 aliphatic heterocycles. The number of ether oxygens (including phenoxy) is 2. The van der Waals surface area contributed by atoms with Crippen LogP contribution in [0, 0.1) is 19.7 Å². The van der Waals surface area contributed by atoms with Crippen LogP contribution in [-0.4, -0.2) is 37.3 Å². The summed E-state index contributed by atoms with van der Waals surface area (Å²) >= 11 is 1.61. The van der Waals surface area contributed by atoms with Gasteiger partial charge in [-0.05, 0) is 67.3 Å². The van der Waals surface area contributed by atoms with Gasteiger partial charge in [0.15, 0.2) is 11.5 Å². The summed E-state index contributed by atoms with van der Waals surface area (Å²) in [7, 11) is 4.18. The molecule has 0 spiro atoms. The minimum absolute atomic E-state index is 0.00810. The molecule has 2 aromatic carbocycles. The molecule has 4 aromatic rings. The van der Waals surface area contributed by atoms with Gasteiger partial charge in [0.05, 0.1) is 30.4 Å². The molecule has 0 aliphatic carbocycles. The maximum atomic E-state index is 13.6. The predicted octanol–water partition coefficient (Wildman–Crippen LogP) is 5.50. The lowest BCUT2D eigenvalue weighted by atomic mass is 10.0. The van der Waals surface area contributed by atoms with E-state index >= 15 is 0 Å². The minimum atomic E-state index is -0.403. The number of aromatic nitrogens is 1. The van der Waals surface area contributed by atoms with Crippen LogP contribution in [0.25, 0.3) is 10.9 Å². The van der Waals surface area contributed by atoms with Gasteiger partial charge in [-0.2, -0.15) is 0 Å². The quantitative estimate of drug-likeness (QED) is 0.305. The van der Waals surface area contributed by atoms with Crippen LogP contribution >= 0.6 is 11.3 Å². The number of rotatable bonds is 5. The number of methoxy groups -OCH3 is 2. The van der Waals surface area contributed by atoms with Crippen LogP contribution in [0.2, 0.25) is 0 Å². The first kappa shape index (κ1) is 28.5. The zero-order chi connectivity index (χ0) is 26.8. The summed E-state index contributed by atoms with van der Waals surface area (Å²) in [5.74, 6) is 0.854. The van der Waals surface area contributed by atoms with E-state index in [2.05, 4.69) is 10.3 Å². The molecule has 0 bridgehead atoms. The number of nitrogens with one attached hydrogen (secondary N) is 1. The molecule has 36 heavy (non-hydrogen) atoms. The van der Waals surface area contributed by atoms with E-state index in [1.165, 1.54) is 23.4 Å². The molecule has 0 radical (unpaired) electrons. The van der Waals surface area contributed by atoms with Gasteiger partial charge >= 0.3 is 0 Å². The van der Waals surface area contributed by atoms with Gasteiger partial charge in [0.2, 0.25) is 5.91 Å². The number of thiophene rings is 1. The van der Waals surface area contributed by atoms with Crippen LogP contribution in [0.5, 0.6) is 11.5 Å². The number of nitrogens with two attached hydrogens (primary N) is 1. The van der Waals surface area contributed by atoms with Gasteiger partial charge < -0.3 is 25.6 Å². The van der Waals surface area contributed by atoms with E-state index in [1.807, 2.05) is 44.2 Å². The van der Waals surface area contributed by atoms with Gasteiger partial charge in [0.25, 0.3) is 0 Å². The first-order valence-electron chi connectivity index (χ1n) is 11.0. The molecule has 7 nitrogen and oxygen atoms in total. The molecule has 192 valence electrons. The summed E-state index contributed by atoms with van der Waals surface area (Å²) in [6, 6.07) is 12.5. The van der Waals surface area contributed by atoms with Gasteiger partial charge in [0, 0.05) is 36.6 Å². The number of nitrogen functional groups attached to an aromatic ring is 1. The van der Waals surface area contributed by atoms with Gasteiger partial charge in [-0.15, -0.1) is 11.3 Å². The molecule has 0 saturated carbocycles. The van der Waals surface area contributed by atoms with Crippen molar-refractivity contribution in [1.82, 2.24) is 4.98 Å². The lowest BCUT2D eigenvalue weighted by Crippen LogP contribution is -2.03. The Morgan fingerprint density at radius 1 is 1.08 bits per heavy atom. The van der Waals surface area contributed by atoms with Crippen LogP contribution in [0.15, 0.2) is 48.7 Å². The molecular weight excluding hydrogens is 481 g/mol. The lowest BCUT2D eigenvalue weighted by Gasteiger charge is -2.12. The Kier molecular flexibility index (Phi) is 10.6. The summed E-state index contributed by atoms with van der Waals surface area (Å²) in [5.41, 5.74) is 9.59. The molecule has 0 fully saturated rings. The van der Waals surface area contributed by atoms with Crippen molar-refractivity contribution in [3.8, 4) is 11.5 Å². The number of nitrogens with zero attached hydrogens (tertiary/aromatic N) is 1. The van der Waals surface area contributed by atoms with Gasteiger partial charge in [-0.1, -0.05) is 6.07 Å². The largest absolute Gasteiger partial charge is 0.493 e. The third-order valence-electron chi connectivity index (χ3n) is 5.26. The van der Waals surface area contributed by atoms with E-state index in [-0.39, 0.29) is 11.6 Å². The van der Waals surface area contributed by atoms with Crippen LogP contribution in [0.4, 0.5) is 15.1 Å². The van der Waals surface area contributed by atoms with E-state index < -0.39 is 5.82 Å². The number of hydrogen-bond acceptors (Lipinski definition) is 7. The van der Waals surface area contributed by atoms with Crippen molar-refractivity contribution in [1.29, 1.82) is 0 Å². The number of aliphatic hydroxyl groups excluding tert-OH is 1. The highest BCUT2D eigenvalue weighted by molar-refractivity contribution is 7.16. The van der Waals surface area contributed by atoms with Gasteiger partial charge in [-0.25, -0.2) is 4.39 Å². The van der Waals surface area contributed by atoms with Crippen LogP contribution < -0.4 is 20.5 Å². The molecule has 2 aromatic heterocycles. The fourth-order valence-corrected chi connectivity index (χ4v) is 4.37. The number of anilines is 2. The van der Waals surface area contributed by atoms with Crippen molar-refractivity contribution < 1.29 is 23.8 Å². The van der Waals surface area contributed by atoms with E-state index in [4.69, 9.17) is 20.3 Å². The summed E-state index contributed by atoms with van der Waals surface area (Å²) < 4.78 is 24.3. The van der Waals surface area contributed by atoms with E-state index in [9.17, 15) is 9.18 Å². The van der Waals surface area contributed by atoms with Crippen molar-refractivity contribution in [3.05, 3.63) is 76.0 Å². The average molecular weight is 514 g/mol. The second-order valence-electron chi connectivity index (χ2n) is 7.76. The van der Waals surface area contributed by atoms with E-state index in [0.717, 1.165) is 34.1 Å². The summed E-state index contributed by atoms with van der Waals surface area (Å²) in [6.07, 6.45) is 2.31. The number of halogens is 1. The number of amides is 1. The number of hydrogen-bond donors (Lipinski definition) is 3. The summed E-state index contributed by atoms with van der Waals surface area (Å²) in [5, 5.41) is 11.6. The number of carbonyl (C=O) groups is 1. The third-order valence-corrected chi connectivity index (χ3v) is 6.33. The predicted molar refractivity (Wildman–Crippen MR) is 145 cm³/mol. The lowest BCUT2D eigenvalue weighted by molar-refractivity contribution is -0.114. The molecular formula is C27H32FN3O4S. The first-order chi connectivity index (χ1) is 17.2. The Labute approximate surface area is 214 Å². The molecule has 0 aliphatic rings. The number of aryl methyl sites for hydroxylation is 2. The summed E-state index contributed by atoms with van der Waals surface area (Å²) in [6.45, 7) is 5.60. The number of benzene rings is 2. The van der Waals surface area contributed by atoms with Crippen LogP contribution in [-0.2, 0) is 11.2 Å². The zero-order valence-corrected chi connectivity index (χ0v) is 22.1. The van der Waals surface area contributed by atoms with Crippen molar-refractivity contribution in [3.63, 3.8) is 0 Å². The highest BCUT2D eigenvalue weighted by Gasteiger charge is 2.11. The zero-order valence-electron chi connectivity index (χ0n) is 21.3. The SMILES string of the molecule is CC(=O)Nc1cc(C)c(C)s1.CO.COc1cc2nccc(Cc3ccc(N)c(F)c3)c2cc1OC. The molecule has 0 atom stereocenters. The molecule has 2 heterocycles. The maximum absolute atomic E-state index is 13.6. The Bertz CT molecular complexity index is 1300. The Balaban J connectivity index is 0.000000295. The van der Waals surface area contributed by atoms with Crippen molar-refractivity contribution in [2.24, 2.45) is 0 Å². The Morgan fingerprint density at radius 2 is 1.75 bits per heavy atom. The molecule has 0 unspecified atom stereocenters. The van der Waals surface area contributed by atoms with Gasteiger partial charge in [0.1, 0.15) is 5.82 Å². The third kappa shape index (κ3) is 7.40. The van der Waals surface area contributed by atoms with Crippen LogP contribution in [0.3, 0.4) is 0 Å². The monoisotopic (exact) mass is 513 g/mol. The normalized spacial score (nSPS) is 10.0. The highest BCUT2D eigenvalue weighted by atomic mass is 32.1. The number of pyridine rings is 1. The molecule has 0 saturated heterocycles. The van der Waals surface area contributed by atoms with Crippen molar-refractivity contribution in [2.75, 3.05) is 32.4 Å². The minimum Gasteiger partial charge on any atom is -0.493 e. The van der Waals surface area contributed by atoms with Gasteiger partial charge in [-0.3, -0.25) is 9.78 Å².